The summed E-state index contributed by atoms with van der Waals surface area (Å²) in [5, 5.41) is 0. The van der Waals surface area contributed by atoms with E-state index in [0.717, 1.165) is 48.1 Å². The molecule has 2 rings (SSSR count). The number of benzene rings is 2. The molecule has 0 aromatic heterocycles. The lowest BCUT2D eigenvalue weighted by Crippen LogP contribution is -2.24. The molecule has 34 heavy (non-hydrogen) atoms. The van der Waals surface area contributed by atoms with Crippen LogP contribution in [0.5, 0.6) is 0 Å². The van der Waals surface area contributed by atoms with Gasteiger partial charge in [0.15, 0.2) is 0 Å². The van der Waals surface area contributed by atoms with Crippen molar-refractivity contribution >= 4 is 0 Å². The first-order valence-electron chi connectivity index (χ1n) is 12.5. The van der Waals surface area contributed by atoms with Gasteiger partial charge in [0.2, 0.25) is 0 Å². The molecule has 0 aliphatic carbocycles. The molecule has 6 heteroatoms. The molecule has 0 amide bonds. The number of ether oxygens (including phenoxy) is 3. The van der Waals surface area contributed by atoms with E-state index in [1.54, 1.807) is 0 Å². The van der Waals surface area contributed by atoms with Crippen LogP contribution in [-0.2, 0) is 20.4 Å². The van der Waals surface area contributed by atoms with Crippen LogP contribution in [0.25, 0.3) is 11.1 Å². The number of unbranched alkanes of at least 4 members (excludes halogenated alkanes) is 6. The van der Waals surface area contributed by atoms with Crippen molar-refractivity contribution in [1.29, 1.82) is 0 Å². The molecule has 190 valence electrons. The van der Waals surface area contributed by atoms with Gasteiger partial charge in [-0.15, -0.1) is 0 Å². The fraction of sp³-hybridized carbons (Fsp3) is 0.571. The third kappa shape index (κ3) is 9.77. The SMILES string of the molecule is CCCCCCCCCC(OC(OCC)OCC)c1ccc(-c2ccc(C(F)(F)F)cc2)cc1. The molecule has 0 aliphatic rings. The lowest BCUT2D eigenvalue weighted by atomic mass is 9.98. The highest BCUT2D eigenvalue weighted by molar-refractivity contribution is 5.64. The van der Waals surface area contributed by atoms with Gasteiger partial charge in [0.1, 0.15) is 0 Å². The molecular weight excluding hydrogens is 441 g/mol. The van der Waals surface area contributed by atoms with Gasteiger partial charge in [-0.3, -0.25) is 0 Å². The molecule has 0 saturated heterocycles. The second kappa shape index (κ2) is 15.2. The second-order valence-corrected chi connectivity index (χ2v) is 8.43. The maximum atomic E-state index is 12.8. The maximum absolute atomic E-state index is 12.8. The Morgan fingerprint density at radius 3 is 1.68 bits per heavy atom. The van der Waals surface area contributed by atoms with Crippen LogP contribution in [0.2, 0.25) is 0 Å². The molecule has 0 fully saturated rings. The summed E-state index contributed by atoms with van der Waals surface area (Å²) in [6, 6.07) is 13.1. The van der Waals surface area contributed by atoms with E-state index in [0.29, 0.717) is 13.2 Å². The molecule has 0 spiro atoms. The summed E-state index contributed by atoms with van der Waals surface area (Å²) in [6.45, 7) is 6.28. The van der Waals surface area contributed by atoms with Crippen LogP contribution in [-0.4, -0.2) is 19.7 Å². The Balaban J connectivity index is 2.07. The quantitative estimate of drug-likeness (QED) is 0.177. The van der Waals surface area contributed by atoms with Gasteiger partial charge in [0.25, 0.3) is 6.48 Å². The first kappa shape index (κ1) is 28.3. The zero-order valence-electron chi connectivity index (χ0n) is 20.7. The summed E-state index contributed by atoms with van der Waals surface area (Å²) in [5.74, 6) is 0. The summed E-state index contributed by atoms with van der Waals surface area (Å²) >= 11 is 0. The van der Waals surface area contributed by atoms with Gasteiger partial charge in [0.05, 0.1) is 11.7 Å². The van der Waals surface area contributed by atoms with Crippen molar-refractivity contribution in [3.8, 4) is 11.1 Å². The fourth-order valence-corrected chi connectivity index (χ4v) is 3.87. The Morgan fingerprint density at radius 1 is 0.676 bits per heavy atom. The van der Waals surface area contributed by atoms with Crippen molar-refractivity contribution in [1.82, 2.24) is 0 Å². The van der Waals surface area contributed by atoms with Crippen molar-refractivity contribution in [3.05, 3.63) is 59.7 Å². The van der Waals surface area contributed by atoms with Crippen LogP contribution in [0.1, 0.15) is 89.4 Å². The van der Waals surface area contributed by atoms with Crippen molar-refractivity contribution < 1.29 is 27.4 Å². The fourth-order valence-electron chi connectivity index (χ4n) is 3.87. The van der Waals surface area contributed by atoms with Crippen molar-refractivity contribution in [3.63, 3.8) is 0 Å². The van der Waals surface area contributed by atoms with E-state index in [1.165, 1.54) is 44.2 Å². The zero-order chi connectivity index (χ0) is 24.8. The highest BCUT2D eigenvalue weighted by atomic mass is 19.4. The third-order valence-electron chi connectivity index (χ3n) is 5.78. The predicted molar refractivity (Wildman–Crippen MR) is 130 cm³/mol. The van der Waals surface area contributed by atoms with Gasteiger partial charge in [-0.2, -0.15) is 13.2 Å². The minimum Gasteiger partial charge on any atom is -0.330 e. The van der Waals surface area contributed by atoms with Crippen molar-refractivity contribution in [2.45, 2.75) is 90.9 Å². The third-order valence-corrected chi connectivity index (χ3v) is 5.78. The normalized spacial score (nSPS) is 12.9. The molecule has 0 saturated carbocycles. The van der Waals surface area contributed by atoms with E-state index in [1.807, 2.05) is 38.1 Å². The first-order valence-corrected chi connectivity index (χ1v) is 12.5. The summed E-state index contributed by atoms with van der Waals surface area (Å²) < 4.78 is 55.9. The maximum Gasteiger partial charge on any atom is 0.416 e. The molecule has 3 nitrogen and oxygen atoms in total. The molecule has 0 radical (unpaired) electrons. The molecule has 2 aromatic carbocycles. The lowest BCUT2D eigenvalue weighted by molar-refractivity contribution is -0.304. The van der Waals surface area contributed by atoms with Gasteiger partial charge in [-0.1, -0.05) is 88.3 Å². The Morgan fingerprint density at radius 2 is 1.18 bits per heavy atom. The molecule has 1 atom stereocenters. The van der Waals surface area contributed by atoms with Crippen LogP contribution < -0.4 is 0 Å². The monoisotopic (exact) mass is 480 g/mol. The average molecular weight is 481 g/mol. The predicted octanol–water partition coefficient (Wildman–Crippen LogP) is 8.93. The number of rotatable bonds is 16. The van der Waals surface area contributed by atoms with E-state index < -0.39 is 18.2 Å². The minimum atomic E-state index is -4.33. The Bertz CT molecular complexity index is 782. The van der Waals surface area contributed by atoms with E-state index in [9.17, 15) is 13.2 Å². The Labute approximate surface area is 202 Å². The second-order valence-electron chi connectivity index (χ2n) is 8.43. The van der Waals surface area contributed by atoms with E-state index in [2.05, 4.69) is 6.92 Å². The largest absolute Gasteiger partial charge is 0.416 e. The van der Waals surface area contributed by atoms with E-state index >= 15 is 0 Å². The Hall–Kier alpha value is -1.89. The van der Waals surface area contributed by atoms with E-state index in [-0.39, 0.29) is 6.10 Å². The molecule has 0 heterocycles. The first-order chi connectivity index (χ1) is 16.4. The van der Waals surface area contributed by atoms with Crippen LogP contribution in [0.3, 0.4) is 0 Å². The highest BCUT2D eigenvalue weighted by Crippen LogP contribution is 2.32. The topological polar surface area (TPSA) is 27.7 Å². The summed E-state index contributed by atoms with van der Waals surface area (Å²) in [5.41, 5.74) is 1.96. The molecular formula is C28H39F3O3. The van der Waals surface area contributed by atoms with Crippen LogP contribution in [0, 0.1) is 0 Å². The smallest absolute Gasteiger partial charge is 0.330 e. The van der Waals surface area contributed by atoms with Gasteiger partial charge >= 0.3 is 6.18 Å². The van der Waals surface area contributed by atoms with Gasteiger partial charge in [-0.25, -0.2) is 0 Å². The molecule has 0 bridgehead atoms. The number of alkyl halides is 3. The number of halogens is 3. The molecule has 2 aromatic rings. The van der Waals surface area contributed by atoms with Crippen LogP contribution in [0.15, 0.2) is 48.5 Å². The lowest BCUT2D eigenvalue weighted by Gasteiger charge is -2.25. The number of hydrogen-bond donors (Lipinski definition) is 0. The Kier molecular flexibility index (Phi) is 12.7. The zero-order valence-corrected chi connectivity index (χ0v) is 20.7. The molecule has 0 aliphatic heterocycles. The van der Waals surface area contributed by atoms with Gasteiger partial charge < -0.3 is 14.2 Å². The molecule has 0 N–H and O–H groups in total. The average Bonchev–Trinajstić information content (AvgIpc) is 2.82. The van der Waals surface area contributed by atoms with Crippen LogP contribution in [0.4, 0.5) is 13.2 Å². The number of hydrogen-bond acceptors (Lipinski definition) is 3. The highest BCUT2D eigenvalue weighted by Gasteiger charge is 2.30. The van der Waals surface area contributed by atoms with E-state index in [4.69, 9.17) is 14.2 Å². The van der Waals surface area contributed by atoms with Crippen molar-refractivity contribution in [2.24, 2.45) is 0 Å². The van der Waals surface area contributed by atoms with Gasteiger partial charge in [0, 0.05) is 13.2 Å². The summed E-state index contributed by atoms with van der Waals surface area (Å²) in [4.78, 5) is 0. The summed E-state index contributed by atoms with van der Waals surface area (Å²) in [7, 11) is 0. The van der Waals surface area contributed by atoms with Gasteiger partial charge in [-0.05, 0) is 49.1 Å². The van der Waals surface area contributed by atoms with Crippen molar-refractivity contribution in [2.75, 3.05) is 13.2 Å². The minimum absolute atomic E-state index is 0.180. The molecule has 1 unspecified atom stereocenters. The standard InChI is InChI=1S/C28H39F3O3/c1-4-7-8-9-10-11-12-13-26(34-27(32-5-2)33-6-3)24-16-14-22(15-17-24)23-18-20-25(21-19-23)28(29,30)31/h14-21,26-27H,4-13H2,1-3H3. The van der Waals surface area contributed by atoms with Crippen LogP contribution >= 0.6 is 0 Å². The summed E-state index contributed by atoms with van der Waals surface area (Å²) in [6.07, 6.45) is 4.85.